The zero-order valence-electron chi connectivity index (χ0n) is 16.4. The molecule has 2 N–H and O–H groups in total. The van der Waals surface area contributed by atoms with Gasteiger partial charge in [0.2, 0.25) is 0 Å². The lowest BCUT2D eigenvalue weighted by atomic mass is 10.1. The highest BCUT2D eigenvalue weighted by Crippen LogP contribution is 2.23. The molecule has 10 heteroatoms. The van der Waals surface area contributed by atoms with E-state index in [9.17, 15) is 4.79 Å². The van der Waals surface area contributed by atoms with Crippen LogP contribution >= 0.6 is 24.8 Å². The highest BCUT2D eigenvalue weighted by molar-refractivity contribution is 6.03. The van der Waals surface area contributed by atoms with E-state index in [0.717, 1.165) is 31.6 Å². The van der Waals surface area contributed by atoms with Crippen LogP contribution in [-0.2, 0) is 0 Å². The van der Waals surface area contributed by atoms with Crippen LogP contribution in [0.5, 0.6) is 11.5 Å². The van der Waals surface area contributed by atoms with Crippen LogP contribution in [0, 0.1) is 6.92 Å². The third-order valence-corrected chi connectivity index (χ3v) is 4.79. The number of ether oxygens (including phenoxy) is 1. The number of pyridine rings is 1. The van der Waals surface area contributed by atoms with Crippen LogP contribution in [-0.4, -0.2) is 39.0 Å². The molecule has 1 aliphatic heterocycles. The Morgan fingerprint density at radius 1 is 1.07 bits per heavy atom. The van der Waals surface area contributed by atoms with Crippen LogP contribution < -0.4 is 15.4 Å². The number of halogens is 2. The van der Waals surface area contributed by atoms with E-state index < -0.39 is 0 Å². The van der Waals surface area contributed by atoms with E-state index in [0.29, 0.717) is 28.9 Å². The van der Waals surface area contributed by atoms with Gasteiger partial charge in [-0.15, -0.1) is 29.9 Å². The third-order valence-electron chi connectivity index (χ3n) is 4.79. The highest BCUT2D eigenvalue weighted by Gasteiger charge is 2.22. The minimum Gasteiger partial charge on any atom is -0.457 e. The van der Waals surface area contributed by atoms with E-state index in [-0.39, 0.29) is 30.7 Å². The van der Waals surface area contributed by atoms with Crippen molar-refractivity contribution in [2.45, 2.75) is 25.8 Å². The number of nitrogens with zero attached hydrogens (tertiary/aromatic N) is 4. The van der Waals surface area contributed by atoms with Crippen molar-refractivity contribution >= 4 is 36.4 Å². The summed E-state index contributed by atoms with van der Waals surface area (Å²) in [5, 5.41) is 14.5. The van der Waals surface area contributed by atoms with Gasteiger partial charge in [-0.1, -0.05) is 5.21 Å². The van der Waals surface area contributed by atoms with Crippen LogP contribution in [0.2, 0.25) is 0 Å². The van der Waals surface area contributed by atoms with Crippen LogP contribution in [0.4, 0.5) is 5.69 Å². The Bertz CT molecular complexity index is 944. The molecule has 0 bridgehead atoms. The molecule has 0 saturated carbocycles. The van der Waals surface area contributed by atoms with Gasteiger partial charge in [0.25, 0.3) is 5.91 Å². The Morgan fingerprint density at radius 3 is 2.37 bits per heavy atom. The van der Waals surface area contributed by atoms with E-state index in [1.54, 1.807) is 48.8 Å². The van der Waals surface area contributed by atoms with Crippen LogP contribution in [0.25, 0.3) is 0 Å². The van der Waals surface area contributed by atoms with Crippen molar-refractivity contribution in [3.63, 3.8) is 0 Å². The molecular weight excluding hydrogens is 427 g/mol. The fourth-order valence-corrected chi connectivity index (χ4v) is 3.29. The maximum atomic E-state index is 12.6. The summed E-state index contributed by atoms with van der Waals surface area (Å²) in [6.07, 6.45) is 5.32. The largest absolute Gasteiger partial charge is 0.457 e. The molecule has 2 aromatic heterocycles. The first-order chi connectivity index (χ1) is 13.7. The summed E-state index contributed by atoms with van der Waals surface area (Å²) < 4.78 is 7.61. The number of amides is 1. The summed E-state index contributed by atoms with van der Waals surface area (Å²) >= 11 is 0. The molecule has 1 aromatic carbocycles. The number of carbonyl (C=O) groups is 1. The number of anilines is 1. The molecule has 3 heterocycles. The van der Waals surface area contributed by atoms with Crippen molar-refractivity contribution in [3.05, 3.63) is 60.2 Å². The lowest BCUT2D eigenvalue weighted by Gasteiger charge is -2.23. The standard InChI is InChI=1S/C20H22N6O2.2ClH/c1-14-19(24-25-26(14)16-6-10-21-11-7-16)20(27)23-15-2-4-17(5-3-15)28-18-8-12-22-13-9-18;;/h2-5,8-9,12-13,16,21H,6-7,10-11H2,1H3,(H,23,27);2*1H. The molecule has 0 atom stereocenters. The van der Waals surface area contributed by atoms with Crippen molar-refractivity contribution in [2.24, 2.45) is 0 Å². The lowest BCUT2D eigenvalue weighted by molar-refractivity contribution is 0.102. The number of carbonyl (C=O) groups excluding carboxylic acids is 1. The van der Waals surface area contributed by atoms with Gasteiger partial charge in [0.05, 0.1) is 11.7 Å². The second-order valence-electron chi connectivity index (χ2n) is 6.71. The molecule has 1 aliphatic rings. The molecule has 1 amide bonds. The second-order valence-corrected chi connectivity index (χ2v) is 6.71. The Labute approximate surface area is 187 Å². The predicted octanol–water partition coefficient (Wildman–Crippen LogP) is 3.79. The average Bonchev–Trinajstić information content (AvgIpc) is 3.12. The van der Waals surface area contributed by atoms with Gasteiger partial charge in [-0.3, -0.25) is 9.78 Å². The molecule has 30 heavy (non-hydrogen) atoms. The molecular formula is C20H24Cl2N6O2. The number of rotatable bonds is 5. The van der Waals surface area contributed by atoms with Crippen LogP contribution in [0.1, 0.15) is 35.1 Å². The monoisotopic (exact) mass is 450 g/mol. The molecule has 0 radical (unpaired) electrons. The summed E-state index contributed by atoms with van der Waals surface area (Å²) in [6.45, 7) is 3.81. The Kier molecular flexibility index (Phi) is 8.58. The van der Waals surface area contributed by atoms with Gasteiger partial charge in [0.1, 0.15) is 11.5 Å². The highest BCUT2D eigenvalue weighted by atomic mass is 35.5. The Morgan fingerprint density at radius 2 is 1.70 bits per heavy atom. The fourth-order valence-electron chi connectivity index (χ4n) is 3.29. The Hall–Kier alpha value is -2.68. The first-order valence-corrected chi connectivity index (χ1v) is 9.32. The van der Waals surface area contributed by atoms with Crippen molar-refractivity contribution in [2.75, 3.05) is 18.4 Å². The second kappa shape index (κ2) is 10.9. The smallest absolute Gasteiger partial charge is 0.278 e. The van der Waals surface area contributed by atoms with Crippen molar-refractivity contribution in [1.29, 1.82) is 0 Å². The molecule has 0 spiro atoms. The molecule has 1 fully saturated rings. The SMILES string of the molecule is Cc1c(C(=O)Nc2ccc(Oc3ccncc3)cc2)nnn1C1CCNCC1.Cl.Cl. The predicted molar refractivity (Wildman–Crippen MR) is 119 cm³/mol. The van der Waals surface area contributed by atoms with Crippen LogP contribution in [0.15, 0.2) is 48.8 Å². The van der Waals surface area contributed by atoms with Crippen molar-refractivity contribution in [1.82, 2.24) is 25.3 Å². The summed E-state index contributed by atoms with van der Waals surface area (Å²) in [7, 11) is 0. The first-order valence-electron chi connectivity index (χ1n) is 9.32. The van der Waals surface area contributed by atoms with E-state index in [2.05, 4.69) is 25.9 Å². The minimum absolute atomic E-state index is 0. The molecule has 160 valence electrons. The van der Waals surface area contributed by atoms with Gasteiger partial charge in [-0.2, -0.15) is 0 Å². The number of hydrogen-bond donors (Lipinski definition) is 2. The van der Waals surface area contributed by atoms with Gasteiger partial charge in [0, 0.05) is 18.1 Å². The van der Waals surface area contributed by atoms with Gasteiger partial charge in [0.15, 0.2) is 5.69 Å². The molecule has 3 aromatic rings. The topological polar surface area (TPSA) is 94.0 Å². The molecule has 8 nitrogen and oxygen atoms in total. The normalized spacial score (nSPS) is 13.6. The number of piperidine rings is 1. The number of hydrogen-bond acceptors (Lipinski definition) is 6. The maximum absolute atomic E-state index is 12.6. The van der Waals surface area contributed by atoms with Gasteiger partial charge < -0.3 is 15.4 Å². The van der Waals surface area contributed by atoms with Gasteiger partial charge in [-0.05, 0) is 69.3 Å². The van der Waals surface area contributed by atoms with E-state index in [1.807, 2.05) is 11.6 Å². The number of benzene rings is 1. The molecule has 4 rings (SSSR count). The first kappa shape index (κ1) is 23.6. The molecule has 0 unspecified atom stereocenters. The van der Waals surface area contributed by atoms with Crippen LogP contribution in [0.3, 0.4) is 0 Å². The summed E-state index contributed by atoms with van der Waals surface area (Å²) in [5.74, 6) is 1.12. The summed E-state index contributed by atoms with van der Waals surface area (Å²) in [5.41, 5.74) is 1.82. The summed E-state index contributed by atoms with van der Waals surface area (Å²) in [6, 6.07) is 11.0. The minimum atomic E-state index is -0.263. The quantitative estimate of drug-likeness (QED) is 0.613. The molecule has 0 aliphatic carbocycles. The van der Waals surface area contributed by atoms with Gasteiger partial charge >= 0.3 is 0 Å². The van der Waals surface area contributed by atoms with E-state index in [1.165, 1.54) is 0 Å². The lowest BCUT2D eigenvalue weighted by Crippen LogP contribution is -2.30. The van der Waals surface area contributed by atoms with Crippen molar-refractivity contribution in [3.8, 4) is 11.5 Å². The third kappa shape index (κ3) is 5.47. The van der Waals surface area contributed by atoms with Gasteiger partial charge in [-0.25, -0.2) is 4.68 Å². The number of nitrogens with one attached hydrogen (secondary N) is 2. The maximum Gasteiger partial charge on any atom is 0.278 e. The zero-order valence-corrected chi connectivity index (χ0v) is 18.1. The zero-order chi connectivity index (χ0) is 19.3. The van der Waals surface area contributed by atoms with E-state index in [4.69, 9.17) is 4.74 Å². The summed E-state index contributed by atoms with van der Waals surface area (Å²) in [4.78, 5) is 16.6. The molecule has 1 saturated heterocycles. The average molecular weight is 451 g/mol. The fraction of sp³-hybridized carbons (Fsp3) is 0.300. The van der Waals surface area contributed by atoms with E-state index >= 15 is 0 Å². The Balaban J connectivity index is 0.00000160. The number of aromatic nitrogens is 4. The van der Waals surface area contributed by atoms with Crippen molar-refractivity contribution < 1.29 is 9.53 Å².